The van der Waals surface area contributed by atoms with Crippen LogP contribution in [-0.4, -0.2) is 57.8 Å². The molecule has 1 aliphatic rings. The Bertz CT molecular complexity index is 608. The molecule has 27 heavy (non-hydrogen) atoms. The normalized spacial score (nSPS) is 15.8. The van der Waals surface area contributed by atoms with Crippen LogP contribution in [0.5, 0.6) is 11.5 Å². The summed E-state index contributed by atoms with van der Waals surface area (Å²) in [4.78, 5) is 6.90. The molecular formula is C19H32BrIN4O2. The molecule has 1 heterocycles. The lowest BCUT2D eigenvalue weighted by molar-refractivity contribution is 0.206. The van der Waals surface area contributed by atoms with E-state index in [1.807, 2.05) is 19.2 Å². The van der Waals surface area contributed by atoms with E-state index < -0.39 is 0 Å². The topological polar surface area (TPSA) is 58.1 Å². The van der Waals surface area contributed by atoms with Gasteiger partial charge in [-0.3, -0.25) is 4.99 Å². The molecule has 0 spiro atoms. The van der Waals surface area contributed by atoms with Crippen molar-refractivity contribution in [1.82, 2.24) is 15.5 Å². The van der Waals surface area contributed by atoms with Crippen molar-refractivity contribution in [3.05, 3.63) is 22.2 Å². The molecule has 154 valence electrons. The Morgan fingerprint density at radius 2 is 1.85 bits per heavy atom. The highest BCUT2D eigenvalue weighted by atomic mass is 127. The maximum absolute atomic E-state index is 5.39. The molecule has 6 nitrogen and oxygen atoms in total. The SMILES string of the molecule is CCCN1CCC(NC(=NC)NCc2cc(OC)c(OC)cc2Br)CC1.I. The maximum atomic E-state index is 5.39. The van der Waals surface area contributed by atoms with Crippen molar-refractivity contribution in [2.24, 2.45) is 4.99 Å². The van der Waals surface area contributed by atoms with Crippen LogP contribution in [0.3, 0.4) is 0 Å². The molecule has 0 radical (unpaired) electrons. The van der Waals surface area contributed by atoms with Gasteiger partial charge >= 0.3 is 0 Å². The Morgan fingerprint density at radius 3 is 2.41 bits per heavy atom. The van der Waals surface area contributed by atoms with Crippen molar-refractivity contribution in [3.63, 3.8) is 0 Å². The Kier molecular flexibility index (Phi) is 11.4. The van der Waals surface area contributed by atoms with Crippen molar-refractivity contribution in [2.75, 3.05) is 40.9 Å². The van der Waals surface area contributed by atoms with Crippen LogP contribution >= 0.6 is 39.9 Å². The first-order chi connectivity index (χ1) is 12.6. The van der Waals surface area contributed by atoms with E-state index in [0.29, 0.717) is 18.3 Å². The number of benzene rings is 1. The molecule has 0 unspecified atom stereocenters. The molecule has 2 N–H and O–H groups in total. The number of nitrogens with one attached hydrogen (secondary N) is 2. The molecule has 0 aliphatic carbocycles. The van der Waals surface area contributed by atoms with Gasteiger partial charge < -0.3 is 25.0 Å². The van der Waals surface area contributed by atoms with Gasteiger partial charge in [0.15, 0.2) is 17.5 Å². The van der Waals surface area contributed by atoms with Crippen molar-refractivity contribution in [2.45, 2.75) is 38.8 Å². The van der Waals surface area contributed by atoms with Gasteiger partial charge in [0.05, 0.1) is 14.2 Å². The fraction of sp³-hybridized carbons (Fsp3) is 0.632. The van der Waals surface area contributed by atoms with Crippen molar-refractivity contribution in [3.8, 4) is 11.5 Å². The number of hydrogen-bond acceptors (Lipinski definition) is 4. The van der Waals surface area contributed by atoms with Crippen molar-refractivity contribution < 1.29 is 9.47 Å². The van der Waals surface area contributed by atoms with Crippen molar-refractivity contribution in [1.29, 1.82) is 0 Å². The fourth-order valence-corrected chi connectivity index (χ4v) is 3.68. The van der Waals surface area contributed by atoms with Crippen LogP contribution in [0.4, 0.5) is 0 Å². The summed E-state index contributed by atoms with van der Waals surface area (Å²) in [6, 6.07) is 4.38. The third kappa shape index (κ3) is 7.30. The van der Waals surface area contributed by atoms with Gasteiger partial charge in [-0.1, -0.05) is 22.9 Å². The lowest BCUT2D eigenvalue weighted by Crippen LogP contribution is -2.48. The number of nitrogens with zero attached hydrogens (tertiary/aromatic N) is 2. The van der Waals surface area contributed by atoms with Gasteiger partial charge in [0.25, 0.3) is 0 Å². The minimum Gasteiger partial charge on any atom is -0.493 e. The molecule has 2 rings (SSSR count). The second kappa shape index (κ2) is 12.7. The second-order valence-corrected chi connectivity index (χ2v) is 7.34. The third-order valence-corrected chi connectivity index (χ3v) is 5.43. The van der Waals surface area contributed by atoms with Crippen LogP contribution in [0.1, 0.15) is 31.7 Å². The van der Waals surface area contributed by atoms with Crippen LogP contribution in [0.15, 0.2) is 21.6 Å². The van der Waals surface area contributed by atoms with Crippen LogP contribution in [-0.2, 0) is 6.54 Å². The summed E-state index contributed by atoms with van der Waals surface area (Å²) in [7, 11) is 5.10. The molecule has 8 heteroatoms. The number of aliphatic imine (C=N–C) groups is 1. The first-order valence-electron chi connectivity index (χ1n) is 9.21. The summed E-state index contributed by atoms with van der Waals surface area (Å²) < 4.78 is 11.7. The van der Waals surface area contributed by atoms with E-state index in [1.165, 1.54) is 13.0 Å². The minimum atomic E-state index is 0. The third-order valence-electron chi connectivity index (χ3n) is 4.69. The molecule has 0 bridgehead atoms. The summed E-state index contributed by atoms with van der Waals surface area (Å²) in [6.45, 7) is 6.40. The van der Waals surface area contributed by atoms with E-state index in [2.05, 4.69) is 43.4 Å². The molecule has 0 amide bonds. The predicted molar refractivity (Wildman–Crippen MR) is 126 cm³/mol. The standard InChI is InChI=1S/C19H31BrN4O2.HI/c1-5-8-24-9-6-15(7-10-24)23-19(21-2)22-13-14-11-17(25-3)18(26-4)12-16(14)20;/h11-12,15H,5-10,13H2,1-4H3,(H2,21,22,23);1H. The van der Waals surface area contributed by atoms with Crippen LogP contribution in [0, 0.1) is 0 Å². The van der Waals surface area contributed by atoms with Gasteiger partial charge in [-0.25, -0.2) is 0 Å². The number of piperidine rings is 1. The number of ether oxygens (including phenoxy) is 2. The quantitative estimate of drug-likeness (QED) is 0.306. The summed E-state index contributed by atoms with van der Waals surface area (Å²) in [5.74, 6) is 2.27. The molecule has 0 atom stereocenters. The fourth-order valence-electron chi connectivity index (χ4n) is 3.22. The molecule has 1 fully saturated rings. The highest BCUT2D eigenvalue weighted by molar-refractivity contribution is 14.0. The summed E-state index contributed by atoms with van der Waals surface area (Å²) in [5.41, 5.74) is 1.09. The van der Waals surface area contributed by atoms with Crippen LogP contribution < -0.4 is 20.1 Å². The molecule has 0 saturated carbocycles. The summed E-state index contributed by atoms with van der Waals surface area (Å²) in [5, 5.41) is 6.95. The zero-order chi connectivity index (χ0) is 18.9. The van der Waals surface area contributed by atoms with Gasteiger partial charge in [0, 0.05) is 37.2 Å². The molecule has 1 saturated heterocycles. The van der Waals surface area contributed by atoms with Crippen LogP contribution in [0.25, 0.3) is 0 Å². The molecular weight excluding hydrogens is 523 g/mol. The van der Waals surface area contributed by atoms with Crippen molar-refractivity contribution >= 4 is 45.9 Å². The lowest BCUT2D eigenvalue weighted by atomic mass is 10.1. The Morgan fingerprint density at radius 1 is 1.22 bits per heavy atom. The molecule has 1 aliphatic heterocycles. The number of rotatable bonds is 7. The maximum Gasteiger partial charge on any atom is 0.191 e. The number of methoxy groups -OCH3 is 2. The Hall–Kier alpha value is -0.740. The summed E-state index contributed by atoms with van der Waals surface area (Å²) in [6.07, 6.45) is 3.53. The monoisotopic (exact) mass is 554 g/mol. The van der Waals surface area contributed by atoms with Crippen LogP contribution in [0.2, 0.25) is 0 Å². The minimum absolute atomic E-state index is 0. The van der Waals surface area contributed by atoms with Gasteiger partial charge in [-0.05, 0) is 43.5 Å². The van der Waals surface area contributed by atoms with Gasteiger partial charge in [-0.15, -0.1) is 24.0 Å². The highest BCUT2D eigenvalue weighted by Gasteiger charge is 2.19. The van der Waals surface area contributed by atoms with E-state index in [1.54, 1.807) is 14.2 Å². The van der Waals surface area contributed by atoms with E-state index in [9.17, 15) is 0 Å². The summed E-state index contributed by atoms with van der Waals surface area (Å²) >= 11 is 3.60. The zero-order valence-electron chi connectivity index (χ0n) is 16.7. The first kappa shape index (κ1) is 24.3. The molecule has 0 aromatic heterocycles. The average molecular weight is 555 g/mol. The first-order valence-corrected chi connectivity index (χ1v) is 10.0. The van der Waals surface area contributed by atoms with Gasteiger partial charge in [0.1, 0.15) is 0 Å². The van der Waals surface area contributed by atoms with Gasteiger partial charge in [-0.2, -0.15) is 0 Å². The highest BCUT2D eigenvalue weighted by Crippen LogP contribution is 2.33. The Balaban J connectivity index is 0.00000364. The number of hydrogen-bond donors (Lipinski definition) is 2. The predicted octanol–water partition coefficient (Wildman–Crippen LogP) is 3.62. The van der Waals surface area contributed by atoms with E-state index in [4.69, 9.17) is 9.47 Å². The number of guanidine groups is 1. The lowest BCUT2D eigenvalue weighted by Gasteiger charge is -2.32. The zero-order valence-corrected chi connectivity index (χ0v) is 20.6. The second-order valence-electron chi connectivity index (χ2n) is 6.48. The van der Waals surface area contributed by atoms with Gasteiger partial charge in [0.2, 0.25) is 0 Å². The number of halogens is 2. The number of likely N-dealkylation sites (tertiary alicyclic amines) is 1. The molecule has 1 aromatic carbocycles. The largest absolute Gasteiger partial charge is 0.493 e. The Labute approximate surface area is 188 Å². The van der Waals surface area contributed by atoms with E-state index in [0.717, 1.165) is 47.7 Å². The van der Waals surface area contributed by atoms with E-state index in [-0.39, 0.29) is 24.0 Å². The smallest absolute Gasteiger partial charge is 0.191 e. The average Bonchev–Trinajstić information content (AvgIpc) is 2.67. The molecule has 1 aromatic rings. The van der Waals surface area contributed by atoms with E-state index >= 15 is 0 Å².